The molecule has 1 aromatic rings. The molecule has 4 N–H and O–H groups in total. The Hall–Kier alpha value is -1.88. The van der Waals surface area contributed by atoms with Crippen LogP contribution in [0.5, 0.6) is 0 Å². The molecule has 0 aliphatic heterocycles. The van der Waals surface area contributed by atoms with Gasteiger partial charge >= 0.3 is 5.97 Å². The van der Waals surface area contributed by atoms with Crippen LogP contribution in [0.2, 0.25) is 0 Å². The van der Waals surface area contributed by atoms with Crippen LogP contribution in [0.4, 0.5) is 5.69 Å². The van der Waals surface area contributed by atoms with Gasteiger partial charge in [-0.2, -0.15) is 0 Å². The Balaban J connectivity index is 2.59. The maximum Gasteiger partial charge on any atom is 0.335 e. The SMILES string of the molecule is Cc1cc(NC(=O)CCC(C)(C)CCN)ccc1C(=O)O. The minimum Gasteiger partial charge on any atom is -0.478 e. The Bertz CT molecular complexity index is 524. The summed E-state index contributed by atoms with van der Waals surface area (Å²) in [5.41, 5.74) is 7.10. The maximum absolute atomic E-state index is 11.9. The van der Waals surface area contributed by atoms with Crippen molar-refractivity contribution in [3.05, 3.63) is 29.3 Å². The molecular weight excluding hydrogens is 268 g/mol. The summed E-state index contributed by atoms with van der Waals surface area (Å²) in [5.74, 6) is -1.03. The summed E-state index contributed by atoms with van der Waals surface area (Å²) in [7, 11) is 0. The number of nitrogens with two attached hydrogens (primary N) is 1. The van der Waals surface area contributed by atoms with Crippen molar-refractivity contribution in [3.8, 4) is 0 Å². The van der Waals surface area contributed by atoms with Gasteiger partial charge in [0.15, 0.2) is 0 Å². The number of rotatable bonds is 7. The van der Waals surface area contributed by atoms with E-state index in [1.165, 1.54) is 6.07 Å². The minimum atomic E-state index is -0.964. The highest BCUT2D eigenvalue weighted by atomic mass is 16.4. The summed E-state index contributed by atoms with van der Waals surface area (Å²) in [6, 6.07) is 4.79. The van der Waals surface area contributed by atoms with E-state index in [2.05, 4.69) is 19.2 Å². The molecular formula is C16H24N2O3. The van der Waals surface area contributed by atoms with E-state index in [1.54, 1.807) is 19.1 Å². The number of hydrogen-bond acceptors (Lipinski definition) is 3. The van der Waals surface area contributed by atoms with Gasteiger partial charge in [-0.15, -0.1) is 0 Å². The minimum absolute atomic E-state index is 0.0508. The van der Waals surface area contributed by atoms with E-state index in [-0.39, 0.29) is 16.9 Å². The number of benzene rings is 1. The number of carbonyl (C=O) groups excluding carboxylic acids is 1. The normalized spacial score (nSPS) is 11.2. The Morgan fingerprint density at radius 1 is 1.29 bits per heavy atom. The van der Waals surface area contributed by atoms with E-state index in [9.17, 15) is 9.59 Å². The third-order valence-electron chi connectivity index (χ3n) is 3.59. The van der Waals surface area contributed by atoms with Crippen LogP contribution in [-0.4, -0.2) is 23.5 Å². The lowest BCUT2D eigenvalue weighted by atomic mass is 9.84. The van der Waals surface area contributed by atoms with E-state index in [0.29, 0.717) is 24.2 Å². The average molecular weight is 292 g/mol. The Morgan fingerprint density at radius 3 is 2.48 bits per heavy atom. The molecule has 5 nitrogen and oxygen atoms in total. The molecule has 0 unspecified atom stereocenters. The van der Waals surface area contributed by atoms with Gasteiger partial charge in [-0.3, -0.25) is 4.79 Å². The molecule has 0 spiro atoms. The molecule has 1 aromatic carbocycles. The highest BCUT2D eigenvalue weighted by Gasteiger charge is 2.18. The second kappa shape index (κ2) is 7.22. The van der Waals surface area contributed by atoms with Crippen LogP contribution in [-0.2, 0) is 4.79 Å². The Labute approximate surface area is 125 Å². The summed E-state index contributed by atoms with van der Waals surface area (Å²) in [5, 5.41) is 11.8. The Morgan fingerprint density at radius 2 is 1.95 bits per heavy atom. The number of anilines is 1. The third-order valence-corrected chi connectivity index (χ3v) is 3.59. The highest BCUT2D eigenvalue weighted by molar-refractivity contribution is 5.93. The standard InChI is InChI=1S/C16H24N2O3/c1-11-10-12(4-5-13(11)15(20)21)18-14(19)6-7-16(2,3)8-9-17/h4-5,10H,6-9,17H2,1-3H3,(H,18,19)(H,20,21). The molecule has 21 heavy (non-hydrogen) atoms. The zero-order valence-electron chi connectivity index (χ0n) is 12.9. The lowest BCUT2D eigenvalue weighted by molar-refractivity contribution is -0.116. The van der Waals surface area contributed by atoms with Crippen LogP contribution in [0.3, 0.4) is 0 Å². The average Bonchev–Trinajstić information content (AvgIpc) is 2.36. The van der Waals surface area contributed by atoms with Crippen LogP contribution in [0.15, 0.2) is 18.2 Å². The molecule has 0 saturated carbocycles. The van der Waals surface area contributed by atoms with Gasteiger partial charge in [0.05, 0.1) is 5.56 Å². The largest absolute Gasteiger partial charge is 0.478 e. The fourth-order valence-corrected chi connectivity index (χ4v) is 2.17. The first-order chi connectivity index (χ1) is 9.75. The quantitative estimate of drug-likeness (QED) is 0.720. The fraction of sp³-hybridized carbons (Fsp3) is 0.500. The smallest absolute Gasteiger partial charge is 0.335 e. The van der Waals surface area contributed by atoms with Gasteiger partial charge < -0.3 is 16.2 Å². The molecule has 0 aliphatic carbocycles. The topological polar surface area (TPSA) is 92.4 Å². The van der Waals surface area contributed by atoms with Crippen LogP contribution >= 0.6 is 0 Å². The van der Waals surface area contributed by atoms with Crippen molar-refractivity contribution < 1.29 is 14.7 Å². The van der Waals surface area contributed by atoms with Crippen molar-refractivity contribution in [2.45, 2.75) is 40.0 Å². The number of hydrogen-bond donors (Lipinski definition) is 3. The lowest BCUT2D eigenvalue weighted by Crippen LogP contribution is -2.20. The third kappa shape index (κ3) is 5.55. The van der Waals surface area contributed by atoms with Crippen molar-refractivity contribution in [1.29, 1.82) is 0 Å². The first-order valence-corrected chi connectivity index (χ1v) is 7.09. The summed E-state index contributed by atoms with van der Waals surface area (Å²) in [6.45, 7) is 6.52. The van der Waals surface area contributed by atoms with Crippen LogP contribution in [0.1, 0.15) is 49.0 Å². The van der Waals surface area contributed by atoms with Crippen molar-refractivity contribution in [2.24, 2.45) is 11.1 Å². The van der Waals surface area contributed by atoms with Crippen LogP contribution in [0, 0.1) is 12.3 Å². The van der Waals surface area contributed by atoms with Crippen molar-refractivity contribution in [1.82, 2.24) is 0 Å². The van der Waals surface area contributed by atoms with Crippen molar-refractivity contribution in [3.63, 3.8) is 0 Å². The molecule has 0 saturated heterocycles. The lowest BCUT2D eigenvalue weighted by Gasteiger charge is -2.23. The predicted molar refractivity (Wildman–Crippen MR) is 83.5 cm³/mol. The summed E-state index contributed by atoms with van der Waals surface area (Å²) < 4.78 is 0. The second-order valence-corrected chi connectivity index (χ2v) is 6.09. The zero-order valence-corrected chi connectivity index (χ0v) is 12.9. The summed E-state index contributed by atoms with van der Waals surface area (Å²) in [6.07, 6.45) is 2.07. The second-order valence-electron chi connectivity index (χ2n) is 6.09. The molecule has 1 amide bonds. The molecule has 0 fully saturated rings. The van der Waals surface area contributed by atoms with Gasteiger partial charge in [-0.05, 0) is 55.5 Å². The number of nitrogens with one attached hydrogen (secondary N) is 1. The van der Waals surface area contributed by atoms with Gasteiger partial charge in [-0.25, -0.2) is 4.79 Å². The van der Waals surface area contributed by atoms with E-state index in [4.69, 9.17) is 10.8 Å². The van der Waals surface area contributed by atoms with Crippen molar-refractivity contribution in [2.75, 3.05) is 11.9 Å². The van der Waals surface area contributed by atoms with Gasteiger partial charge in [-0.1, -0.05) is 13.8 Å². The van der Waals surface area contributed by atoms with Gasteiger partial charge in [0, 0.05) is 12.1 Å². The number of carboxylic acid groups (broad SMARTS) is 1. The molecule has 0 aliphatic rings. The number of aryl methyl sites for hydroxylation is 1. The molecule has 5 heteroatoms. The number of carbonyl (C=O) groups is 2. The molecule has 116 valence electrons. The molecule has 0 atom stereocenters. The number of aromatic carboxylic acids is 1. The van der Waals surface area contributed by atoms with E-state index in [1.807, 2.05) is 0 Å². The first-order valence-electron chi connectivity index (χ1n) is 7.09. The van der Waals surface area contributed by atoms with E-state index in [0.717, 1.165) is 12.8 Å². The van der Waals surface area contributed by atoms with E-state index >= 15 is 0 Å². The number of carboxylic acids is 1. The molecule has 0 bridgehead atoms. The summed E-state index contributed by atoms with van der Waals surface area (Å²) >= 11 is 0. The summed E-state index contributed by atoms with van der Waals surface area (Å²) in [4.78, 5) is 22.9. The van der Waals surface area contributed by atoms with Gasteiger partial charge in [0.2, 0.25) is 5.91 Å². The molecule has 0 heterocycles. The fourth-order valence-electron chi connectivity index (χ4n) is 2.17. The molecule has 0 radical (unpaired) electrons. The highest BCUT2D eigenvalue weighted by Crippen LogP contribution is 2.26. The zero-order chi connectivity index (χ0) is 16.0. The van der Waals surface area contributed by atoms with Crippen LogP contribution < -0.4 is 11.1 Å². The number of amides is 1. The molecule has 1 rings (SSSR count). The van der Waals surface area contributed by atoms with Gasteiger partial charge in [0.1, 0.15) is 0 Å². The van der Waals surface area contributed by atoms with Gasteiger partial charge in [0.25, 0.3) is 0 Å². The van der Waals surface area contributed by atoms with Crippen LogP contribution in [0.25, 0.3) is 0 Å². The Kier molecular flexibility index (Phi) is 5.90. The molecule has 0 aromatic heterocycles. The monoisotopic (exact) mass is 292 g/mol. The maximum atomic E-state index is 11.9. The van der Waals surface area contributed by atoms with Crippen molar-refractivity contribution >= 4 is 17.6 Å². The predicted octanol–water partition coefficient (Wildman–Crippen LogP) is 2.79. The first kappa shape index (κ1) is 17.2. The van der Waals surface area contributed by atoms with E-state index < -0.39 is 5.97 Å².